The molecule has 0 spiro atoms. The predicted molar refractivity (Wildman–Crippen MR) is 70.8 cm³/mol. The fraction of sp³-hybridized carbons (Fsp3) is 0.636. The van der Waals surface area contributed by atoms with Crippen molar-refractivity contribution in [3.8, 4) is 0 Å². The molecule has 17 heavy (non-hydrogen) atoms. The van der Waals surface area contributed by atoms with Gasteiger partial charge in [0.05, 0.1) is 11.3 Å². The first-order valence-corrected chi connectivity index (χ1v) is 5.58. The molecule has 0 radical (unpaired) electrons. The molecule has 6 nitrogen and oxygen atoms in total. The van der Waals surface area contributed by atoms with Crippen LogP contribution in [0.25, 0.3) is 0 Å². The molecule has 1 rings (SSSR count). The summed E-state index contributed by atoms with van der Waals surface area (Å²) in [6.07, 6.45) is 0. The van der Waals surface area contributed by atoms with Crippen molar-refractivity contribution < 1.29 is 0 Å². The van der Waals surface area contributed by atoms with Crippen LogP contribution >= 0.6 is 0 Å². The van der Waals surface area contributed by atoms with E-state index < -0.39 is 0 Å². The molecule has 96 valence electrons. The average Bonchev–Trinajstić information content (AvgIpc) is 2.49. The Bertz CT molecular complexity index is 406. The molecule has 0 unspecified atom stereocenters. The number of hydrogen-bond acceptors (Lipinski definition) is 4. The molecule has 6 heteroatoms. The third-order valence-corrected chi connectivity index (χ3v) is 2.71. The average molecular weight is 238 g/mol. The molecule has 0 bridgehead atoms. The summed E-state index contributed by atoms with van der Waals surface area (Å²) in [4.78, 5) is 4.20. The van der Waals surface area contributed by atoms with Gasteiger partial charge in [-0.3, -0.25) is 10.1 Å². The van der Waals surface area contributed by atoms with Gasteiger partial charge in [0.2, 0.25) is 0 Å². The predicted octanol–water partition coefficient (Wildman–Crippen LogP) is 0.0104. The Balaban J connectivity index is 2.99. The zero-order valence-corrected chi connectivity index (χ0v) is 11.3. The Hall–Kier alpha value is -1.56. The van der Waals surface area contributed by atoms with Crippen LogP contribution in [0.3, 0.4) is 0 Å². The second-order valence-corrected chi connectivity index (χ2v) is 4.55. The van der Waals surface area contributed by atoms with Crippen LogP contribution in [0.15, 0.2) is 0 Å². The maximum Gasteiger partial charge on any atom is 0.137 e. The Kier molecular flexibility index (Phi) is 4.11. The summed E-state index contributed by atoms with van der Waals surface area (Å²) in [5.41, 5.74) is 7.14. The second kappa shape index (κ2) is 5.18. The van der Waals surface area contributed by atoms with Gasteiger partial charge >= 0.3 is 0 Å². The Morgan fingerprint density at radius 2 is 1.94 bits per heavy atom. The highest BCUT2D eigenvalue weighted by Crippen LogP contribution is 2.21. The lowest BCUT2D eigenvalue weighted by Gasteiger charge is -2.22. The number of likely N-dealkylation sites (N-methyl/N-ethyl adjacent to an activating group) is 2. The van der Waals surface area contributed by atoms with Crippen molar-refractivity contribution in [3.63, 3.8) is 0 Å². The number of rotatable bonds is 5. The van der Waals surface area contributed by atoms with Crippen molar-refractivity contribution in [3.05, 3.63) is 11.3 Å². The molecule has 0 saturated heterocycles. The summed E-state index contributed by atoms with van der Waals surface area (Å²) in [7, 11) is 7.94. The van der Waals surface area contributed by atoms with Crippen LogP contribution in [-0.2, 0) is 7.05 Å². The van der Waals surface area contributed by atoms with Crippen molar-refractivity contribution in [2.45, 2.75) is 6.92 Å². The van der Waals surface area contributed by atoms with E-state index in [9.17, 15) is 0 Å². The van der Waals surface area contributed by atoms with Crippen molar-refractivity contribution in [2.75, 3.05) is 39.1 Å². The normalized spacial score (nSPS) is 10.9. The SMILES string of the molecule is Cc1nn(C)c(N(C)CCN(C)C)c1C(=N)N. The molecule has 0 aromatic carbocycles. The molecule has 0 saturated carbocycles. The van der Waals surface area contributed by atoms with E-state index >= 15 is 0 Å². The highest BCUT2D eigenvalue weighted by atomic mass is 15.4. The van der Waals surface area contributed by atoms with Gasteiger partial charge in [-0.25, -0.2) is 0 Å². The van der Waals surface area contributed by atoms with Crippen LogP contribution in [0.4, 0.5) is 5.82 Å². The maximum atomic E-state index is 7.63. The van der Waals surface area contributed by atoms with Crippen LogP contribution < -0.4 is 10.6 Å². The van der Waals surface area contributed by atoms with Gasteiger partial charge < -0.3 is 15.5 Å². The van der Waals surface area contributed by atoms with Crippen LogP contribution in [0.2, 0.25) is 0 Å². The van der Waals surface area contributed by atoms with Crippen LogP contribution in [0.5, 0.6) is 0 Å². The molecule has 1 aromatic rings. The van der Waals surface area contributed by atoms with E-state index in [1.807, 2.05) is 35.1 Å². The van der Waals surface area contributed by atoms with Gasteiger partial charge in [0.15, 0.2) is 0 Å². The first-order valence-electron chi connectivity index (χ1n) is 5.58. The number of hydrogen-bond donors (Lipinski definition) is 2. The molecular weight excluding hydrogens is 216 g/mol. The number of anilines is 1. The van der Waals surface area contributed by atoms with E-state index in [1.54, 1.807) is 4.68 Å². The van der Waals surface area contributed by atoms with Gasteiger partial charge in [-0.2, -0.15) is 5.10 Å². The molecule has 1 aromatic heterocycles. The van der Waals surface area contributed by atoms with Crippen molar-refractivity contribution in [2.24, 2.45) is 12.8 Å². The van der Waals surface area contributed by atoms with E-state index in [-0.39, 0.29) is 5.84 Å². The number of amidine groups is 1. The number of aryl methyl sites for hydroxylation is 2. The fourth-order valence-corrected chi connectivity index (χ4v) is 1.86. The van der Waals surface area contributed by atoms with Crippen LogP contribution in [0.1, 0.15) is 11.3 Å². The quantitative estimate of drug-likeness (QED) is 0.560. The Labute approximate surface area is 103 Å². The largest absolute Gasteiger partial charge is 0.384 e. The zero-order chi connectivity index (χ0) is 13.2. The number of aromatic nitrogens is 2. The number of nitrogen functional groups attached to an aromatic ring is 1. The first-order chi connectivity index (χ1) is 7.84. The second-order valence-electron chi connectivity index (χ2n) is 4.55. The summed E-state index contributed by atoms with van der Waals surface area (Å²) in [5, 5.41) is 11.9. The summed E-state index contributed by atoms with van der Waals surface area (Å²) < 4.78 is 1.78. The lowest BCUT2D eigenvalue weighted by molar-refractivity contribution is 0.415. The third kappa shape index (κ3) is 2.97. The molecule has 0 atom stereocenters. The topological polar surface area (TPSA) is 74.2 Å². The number of nitrogens with one attached hydrogen (secondary N) is 1. The van der Waals surface area contributed by atoms with Crippen LogP contribution in [-0.4, -0.2) is 54.7 Å². The summed E-state index contributed by atoms with van der Waals surface area (Å²) in [6, 6.07) is 0. The fourth-order valence-electron chi connectivity index (χ4n) is 1.86. The van der Waals surface area contributed by atoms with E-state index in [4.69, 9.17) is 11.1 Å². The minimum absolute atomic E-state index is 0.0716. The molecule has 3 N–H and O–H groups in total. The zero-order valence-electron chi connectivity index (χ0n) is 11.3. The van der Waals surface area contributed by atoms with Gasteiger partial charge in [0.25, 0.3) is 0 Å². The molecule has 1 heterocycles. The number of nitrogens with zero attached hydrogens (tertiary/aromatic N) is 4. The lowest BCUT2D eigenvalue weighted by Crippen LogP contribution is -2.31. The van der Waals surface area contributed by atoms with Crippen molar-refractivity contribution in [1.82, 2.24) is 14.7 Å². The Morgan fingerprint density at radius 1 is 1.35 bits per heavy atom. The van der Waals surface area contributed by atoms with Gasteiger partial charge in [-0.15, -0.1) is 0 Å². The summed E-state index contributed by atoms with van der Waals surface area (Å²) >= 11 is 0. The summed E-state index contributed by atoms with van der Waals surface area (Å²) in [5.74, 6) is 0.971. The number of nitrogens with two attached hydrogens (primary N) is 1. The highest BCUT2D eigenvalue weighted by Gasteiger charge is 2.18. The Morgan fingerprint density at radius 3 is 2.41 bits per heavy atom. The van der Waals surface area contributed by atoms with Gasteiger partial charge in [0, 0.05) is 27.2 Å². The maximum absolute atomic E-state index is 7.63. The van der Waals surface area contributed by atoms with Gasteiger partial charge in [-0.05, 0) is 21.0 Å². The smallest absolute Gasteiger partial charge is 0.137 e. The van der Waals surface area contributed by atoms with Gasteiger partial charge in [0.1, 0.15) is 11.7 Å². The molecule has 0 amide bonds. The van der Waals surface area contributed by atoms with Crippen LogP contribution in [0, 0.1) is 12.3 Å². The van der Waals surface area contributed by atoms with E-state index in [0.29, 0.717) is 0 Å². The molecular formula is C11H22N6. The molecule has 0 aliphatic heterocycles. The third-order valence-electron chi connectivity index (χ3n) is 2.71. The molecule has 0 aliphatic rings. The van der Waals surface area contributed by atoms with E-state index in [0.717, 1.165) is 30.2 Å². The minimum atomic E-state index is 0.0716. The summed E-state index contributed by atoms with van der Waals surface area (Å²) in [6.45, 7) is 3.68. The van der Waals surface area contributed by atoms with E-state index in [1.165, 1.54) is 0 Å². The lowest BCUT2D eigenvalue weighted by atomic mass is 10.2. The monoisotopic (exact) mass is 238 g/mol. The van der Waals surface area contributed by atoms with E-state index in [2.05, 4.69) is 14.9 Å². The first kappa shape index (κ1) is 13.5. The molecule has 0 fully saturated rings. The highest BCUT2D eigenvalue weighted by molar-refractivity contribution is 6.00. The molecule has 0 aliphatic carbocycles. The van der Waals surface area contributed by atoms with Crippen molar-refractivity contribution >= 4 is 11.7 Å². The van der Waals surface area contributed by atoms with Gasteiger partial charge in [-0.1, -0.05) is 0 Å². The standard InChI is InChI=1S/C11H22N6/c1-8-9(10(12)13)11(17(5)14-8)16(4)7-6-15(2)3/h6-7H2,1-5H3,(H3,12,13). The van der Waals surface area contributed by atoms with Crippen molar-refractivity contribution in [1.29, 1.82) is 5.41 Å². The minimum Gasteiger partial charge on any atom is -0.384 e.